The number of amides is 2. The normalized spacial score (nSPS) is 10.6. The molecule has 0 aliphatic heterocycles. The molecule has 8 nitrogen and oxygen atoms in total. The number of benzene rings is 2. The van der Waals surface area contributed by atoms with E-state index in [1.54, 1.807) is 0 Å². The molecule has 2 amide bonds. The quantitative estimate of drug-likeness (QED) is 0.351. The number of carbonyl (C=O) groups is 2. The van der Waals surface area contributed by atoms with Gasteiger partial charge < -0.3 is 21.3 Å². The Morgan fingerprint density at radius 3 is 1.57 bits per heavy atom. The molecule has 0 atom stereocenters. The lowest BCUT2D eigenvalue weighted by atomic mass is 10.0. The van der Waals surface area contributed by atoms with E-state index in [0.717, 1.165) is 21.5 Å². The largest absolute Gasteiger partial charge is 0.366 e. The molecule has 2 aromatic carbocycles. The summed E-state index contributed by atoms with van der Waals surface area (Å²) in [5.74, 6) is 1.20. The molecule has 0 radical (unpaired) electrons. The average Bonchev–Trinajstić information content (AvgIpc) is 2.67. The van der Waals surface area contributed by atoms with Crippen molar-refractivity contribution < 1.29 is 9.59 Å². The van der Waals surface area contributed by atoms with Crippen molar-refractivity contribution in [2.75, 3.05) is 36.8 Å². The van der Waals surface area contributed by atoms with Crippen LogP contribution in [0.2, 0.25) is 0 Å². The number of nitrogens with zero attached hydrogens (tertiary/aromatic N) is 2. The van der Waals surface area contributed by atoms with Crippen molar-refractivity contribution >= 4 is 45.0 Å². The van der Waals surface area contributed by atoms with Crippen LogP contribution in [-0.2, 0) is 9.59 Å². The van der Waals surface area contributed by atoms with Crippen LogP contribution in [0.5, 0.6) is 0 Å². The molecule has 0 fully saturated rings. The van der Waals surface area contributed by atoms with Crippen LogP contribution < -0.4 is 21.3 Å². The summed E-state index contributed by atoms with van der Waals surface area (Å²) in [5.41, 5.74) is 0. The van der Waals surface area contributed by atoms with Crippen LogP contribution in [0.3, 0.4) is 0 Å². The summed E-state index contributed by atoms with van der Waals surface area (Å²) in [4.78, 5) is 22.0. The van der Waals surface area contributed by atoms with Crippen molar-refractivity contribution in [3.05, 3.63) is 36.4 Å². The van der Waals surface area contributed by atoms with Crippen LogP contribution in [0.25, 0.3) is 21.5 Å². The molecule has 28 heavy (non-hydrogen) atoms. The smallest absolute Gasteiger partial charge is 0.216 e. The fourth-order valence-electron chi connectivity index (χ4n) is 2.94. The zero-order chi connectivity index (χ0) is 19.9. The lowest BCUT2D eigenvalue weighted by Crippen LogP contribution is -2.27. The first-order valence-corrected chi connectivity index (χ1v) is 9.20. The molecule has 0 aliphatic carbocycles. The highest BCUT2D eigenvalue weighted by Gasteiger charge is 2.11. The van der Waals surface area contributed by atoms with E-state index in [0.29, 0.717) is 37.8 Å². The second kappa shape index (κ2) is 8.98. The van der Waals surface area contributed by atoms with Crippen molar-refractivity contribution in [1.29, 1.82) is 0 Å². The summed E-state index contributed by atoms with van der Waals surface area (Å²) in [6.07, 6.45) is 0. The fraction of sp³-hybridized carbons (Fsp3) is 0.300. The number of anilines is 2. The van der Waals surface area contributed by atoms with Crippen LogP contribution in [0.4, 0.5) is 11.6 Å². The highest BCUT2D eigenvalue weighted by atomic mass is 16.2. The summed E-state index contributed by atoms with van der Waals surface area (Å²) >= 11 is 0. The predicted molar refractivity (Wildman–Crippen MR) is 111 cm³/mol. The number of hydrogen-bond donors (Lipinski definition) is 4. The Labute approximate surface area is 163 Å². The van der Waals surface area contributed by atoms with Crippen LogP contribution in [-0.4, -0.2) is 48.2 Å². The van der Waals surface area contributed by atoms with Gasteiger partial charge in [-0.2, -0.15) is 0 Å². The van der Waals surface area contributed by atoms with Crippen LogP contribution >= 0.6 is 0 Å². The van der Waals surface area contributed by atoms with Crippen LogP contribution in [0.1, 0.15) is 13.8 Å². The Morgan fingerprint density at radius 1 is 0.750 bits per heavy atom. The summed E-state index contributed by atoms with van der Waals surface area (Å²) in [6.45, 7) is 5.08. The molecular weight excluding hydrogens is 356 g/mol. The van der Waals surface area contributed by atoms with E-state index >= 15 is 0 Å². The third kappa shape index (κ3) is 4.85. The molecule has 8 heteroatoms. The average molecular weight is 380 g/mol. The molecule has 0 aliphatic rings. The van der Waals surface area contributed by atoms with Crippen molar-refractivity contribution in [2.45, 2.75) is 13.8 Å². The lowest BCUT2D eigenvalue weighted by molar-refractivity contribution is -0.119. The maximum atomic E-state index is 11.0. The zero-order valence-corrected chi connectivity index (χ0v) is 16.0. The SMILES string of the molecule is CC(=O)NCCNc1nnc(NCCNC(C)=O)c2cc3ccccc3cc12. The molecular formula is C20H24N6O2. The first-order chi connectivity index (χ1) is 13.5. The second-order valence-corrected chi connectivity index (χ2v) is 6.46. The minimum absolute atomic E-state index is 0.0672. The minimum Gasteiger partial charge on any atom is -0.366 e. The third-order valence-corrected chi connectivity index (χ3v) is 4.23. The summed E-state index contributed by atoms with van der Waals surface area (Å²) in [5, 5.41) is 24.7. The molecule has 0 spiro atoms. The molecule has 0 saturated heterocycles. The van der Waals surface area contributed by atoms with Crippen LogP contribution in [0.15, 0.2) is 36.4 Å². The van der Waals surface area contributed by atoms with Gasteiger partial charge in [0.1, 0.15) is 0 Å². The number of hydrogen-bond acceptors (Lipinski definition) is 6. The first-order valence-electron chi connectivity index (χ1n) is 9.20. The number of carbonyl (C=O) groups excluding carboxylic acids is 2. The first kappa shape index (κ1) is 19.3. The summed E-state index contributed by atoms with van der Waals surface area (Å²) in [7, 11) is 0. The molecule has 0 saturated carbocycles. The maximum Gasteiger partial charge on any atom is 0.216 e. The van der Waals surface area contributed by atoms with E-state index in [9.17, 15) is 9.59 Å². The molecule has 4 N–H and O–H groups in total. The van der Waals surface area contributed by atoms with Crippen molar-refractivity contribution in [2.24, 2.45) is 0 Å². The van der Waals surface area contributed by atoms with Gasteiger partial charge in [0, 0.05) is 50.8 Å². The highest BCUT2D eigenvalue weighted by Crippen LogP contribution is 2.30. The topological polar surface area (TPSA) is 108 Å². The Balaban J connectivity index is 1.89. The van der Waals surface area contributed by atoms with Gasteiger partial charge in [-0.15, -0.1) is 10.2 Å². The van der Waals surface area contributed by atoms with E-state index in [1.807, 2.05) is 12.1 Å². The van der Waals surface area contributed by atoms with Gasteiger partial charge in [0.25, 0.3) is 0 Å². The highest BCUT2D eigenvalue weighted by molar-refractivity contribution is 6.06. The van der Waals surface area contributed by atoms with E-state index < -0.39 is 0 Å². The second-order valence-electron chi connectivity index (χ2n) is 6.46. The van der Waals surface area contributed by atoms with E-state index in [2.05, 4.69) is 55.7 Å². The van der Waals surface area contributed by atoms with Crippen molar-refractivity contribution in [3.63, 3.8) is 0 Å². The number of rotatable bonds is 8. The standard InChI is InChI=1S/C20H24N6O2/c1-13(27)21-7-9-23-19-17-11-15-5-3-4-6-16(15)12-18(17)20(26-25-19)24-10-8-22-14(2)28/h3-6,11-12H,7-10H2,1-2H3,(H,21,27)(H,22,28)(H,23,25)(H,24,26). The summed E-state index contributed by atoms with van der Waals surface area (Å²) < 4.78 is 0. The van der Waals surface area contributed by atoms with Crippen molar-refractivity contribution in [1.82, 2.24) is 20.8 Å². The van der Waals surface area contributed by atoms with Gasteiger partial charge in [-0.3, -0.25) is 9.59 Å². The molecule has 1 heterocycles. The maximum absolute atomic E-state index is 11.0. The Morgan fingerprint density at radius 2 is 1.18 bits per heavy atom. The Bertz CT molecular complexity index is 925. The number of fused-ring (bicyclic) bond motifs is 2. The monoisotopic (exact) mass is 380 g/mol. The minimum atomic E-state index is -0.0672. The Hall–Kier alpha value is -3.42. The zero-order valence-electron chi connectivity index (χ0n) is 16.0. The van der Waals surface area contributed by atoms with Gasteiger partial charge in [0.05, 0.1) is 0 Å². The van der Waals surface area contributed by atoms with E-state index in [1.165, 1.54) is 13.8 Å². The van der Waals surface area contributed by atoms with Gasteiger partial charge in [-0.1, -0.05) is 24.3 Å². The van der Waals surface area contributed by atoms with E-state index in [4.69, 9.17) is 0 Å². The van der Waals surface area contributed by atoms with Gasteiger partial charge in [0.15, 0.2) is 11.6 Å². The Kier molecular flexibility index (Phi) is 6.21. The molecule has 0 bridgehead atoms. The molecule has 1 aromatic heterocycles. The van der Waals surface area contributed by atoms with Gasteiger partial charge in [-0.05, 0) is 22.9 Å². The molecule has 146 valence electrons. The van der Waals surface area contributed by atoms with Gasteiger partial charge >= 0.3 is 0 Å². The van der Waals surface area contributed by atoms with Crippen LogP contribution in [0, 0.1) is 0 Å². The fourth-order valence-corrected chi connectivity index (χ4v) is 2.94. The van der Waals surface area contributed by atoms with Gasteiger partial charge in [-0.25, -0.2) is 0 Å². The third-order valence-electron chi connectivity index (χ3n) is 4.23. The van der Waals surface area contributed by atoms with Gasteiger partial charge in [0.2, 0.25) is 11.8 Å². The molecule has 3 rings (SSSR count). The van der Waals surface area contributed by atoms with E-state index in [-0.39, 0.29) is 11.8 Å². The predicted octanol–water partition coefficient (Wildman–Crippen LogP) is 1.88. The molecule has 0 unspecified atom stereocenters. The molecule has 3 aromatic rings. The van der Waals surface area contributed by atoms with Crippen molar-refractivity contribution in [3.8, 4) is 0 Å². The summed E-state index contributed by atoms with van der Waals surface area (Å²) in [6, 6.07) is 12.3. The number of aromatic nitrogens is 2. The number of nitrogens with one attached hydrogen (secondary N) is 4. The lowest BCUT2D eigenvalue weighted by Gasteiger charge is -2.13.